The highest BCUT2D eigenvalue weighted by molar-refractivity contribution is 6.36. The molecule has 0 unspecified atom stereocenters. The smallest absolute Gasteiger partial charge is 0.0505 e. The molecule has 0 amide bonds. The van der Waals surface area contributed by atoms with E-state index in [1.807, 2.05) is 42.7 Å². The van der Waals surface area contributed by atoms with E-state index in [0.29, 0.717) is 16.6 Å². The highest BCUT2D eigenvalue weighted by Gasteiger charge is 2.11. The van der Waals surface area contributed by atoms with Crippen molar-refractivity contribution >= 4 is 34.1 Å². The number of hydrogen-bond acceptors (Lipinski definition) is 2. The Balaban J connectivity index is 1.59. The summed E-state index contributed by atoms with van der Waals surface area (Å²) in [6, 6.07) is 18.1. The predicted octanol–water partition coefficient (Wildman–Crippen LogP) is 5.68. The van der Waals surface area contributed by atoms with Crippen LogP contribution in [0.1, 0.15) is 16.7 Å². The highest BCUT2D eigenvalue weighted by Crippen LogP contribution is 2.28. The first-order valence-corrected chi connectivity index (χ1v) is 9.57. The van der Waals surface area contributed by atoms with E-state index >= 15 is 0 Å². The Labute approximate surface area is 168 Å². The molecule has 0 aliphatic carbocycles. The van der Waals surface area contributed by atoms with Gasteiger partial charge in [-0.2, -0.15) is 0 Å². The summed E-state index contributed by atoms with van der Waals surface area (Å²) in [5.74, 6) is 0. The maximum Gasteiger partial charge on any atom is 0.0505 e. The summed E-state index contributed by atoms with van der Waals surface area (Å²) in [6.07, 6.45) is 5.82. The molecule has 0 bridgehead atoms. The number of nitrogens with zero attached hydrogens (tertiary/aromatic N) is 2. The number of nitrogens with one attached hydrogen (secondary N) is 1. The zero-order valence-electron chi connectivity index (χ0n) is 14.7. The van der Waals surface area contributed by atoms with Crippen LogP contribution < -0.4 is 5.32 Å². The fourth-order valence-electron chi connectivity index (χ4n) is 3.29. The first-order valence-electron chi connectivity index (χ1n) is 8.81. The summed E-state index contributed by atoms with van der Waals surface area (Å²) in [5.41, 5.74) is 4.59. The van der Waals surface area contributed by atoms with Crippen molar-refractivity contribution in [3.63, 3.8) is 0 Å². The molecule has 136 valence electrons. The van der Waals surface area contributed by atoms with E-state index in [0.717, 1.165) is 18.7 Å². The Morgan fingerprint density at radius 2 is 1.59 bits per heavy atom. The molecule has 0 spiro atoms. The molecule has 0 saturated heterocycles. The van der Waals surface area contributed by atoms with Gasteiger partial charge in [-0.15, -0.1) is 0 Å². The van der Waals surface area contributed by atoms with E-state index in [4.69, 9.17) is 23.2 Å². The van der Waals surface area contributed by atoms with Crippen molar-refractivity contribution in [3.8, 4) is 0 Å². The van der Waals surface area contributed by atoms with Crippen molar-refractivity contribution < 1.29 is 0 Å². The summed E-state index contributed by atoms with van der Waals surface area (Å²) in [6.45, 7) is 2.23. The second kappa shape index (κ2) is 8.13. The molecule has 5 heteroatoms. The Morgan fingerprint density at radius 3 is 2.37 bits per heavy atom. The van der Waals surface area contributed by atoms with Crippen LogP contribution in [0, 0.1) is 0 Å². The van der Waals surface area contributed by atoms with Gasteiger partial charge in [-0.3, -0.25) is 4.98 Å². The van der Waals surface area contributed by atoms with Gasteiger partial charge < -0.3 is 9.88 Å². The molecule has 0 aliphatic heterocycles. The SMILES string of the molecule is Clc1cccc(Cl)c1Cn1cc(CNCc2ccncc2)c2ccccc21. The quantitative estimate of drug-likeness (QED) is 0.454. The van der Waals surface area contributed by atoms with E-state index in [1.54, 1.807) is 0 Å². The molecule has 0 fully saturated rings. The number of rotatable bonds is 6. The molecule has 2 heterocycles. The van der Waals surface area contributed by atoms with Gasteiger partial charge in [0.1, 0.15) is 0 Å². The molecule has 0 atom stereocenters. The summed E-state index contributed by atoms with van der Waals surface area (Å²) in [7, 11) is 0. The minimum Gasteiger partial charge on any atom is -0.343 e. The van der Waals surface area contributed by atoms with Crippen molar-refractivity contribution in [2.45, 2.75) is 19.6 Å². The Morgan fingerprint density at radius 1 is 0.852 bits per heavy atom. The van der Waals surface area contributed by atoms with Gasteiger partial charge in [0.05, 0.1) is 6.54 Å². The van der Waals surface area contributed by atoms with Crippen molar-refractivity contribution in [2.24, 2.45) is 0 Å². The van der Waals surface area contributed by atoms with E-state index < -0.39 is 0 Å². The number of para-hydroxylation sites is 1. The summed E-state index contributed by atoms with van der Waals surface area (Å²) >= 11 is 12.7. The van der Waals surface area contributed by atoms with Gasteiger partial charge in [0, 0.05) is 58.2 Å². The van der Waals surface area contributed by atoms with E-state index in [2.05, 4.69) is 45.3 Å². The molecule has 1 N–H and O–H groups in total. The summed E-state index contributed by atoms with van der Waals surface area (Å²) in [4.78, 5) is 4.06. The Hall–Kier alpha value is -2.33. The summed E-state index contributed by atoms with van der Waals surface area (Å²) in [5, 5.41) is 6.14. The van der Waals surface area contributed by atoms with Crippen LogP contribution in [0.25, 0.3) is 10.9 Å². The van der Waals surface area contributed by atoms with Gasteiger partial charge in [-0.25, -0.2) is 0 Å². The van der Waals surface area contributed by atoms with Crippen LogP contribution in [0.4, 0.5) is 0 Å². The third kappa shape index (κ3) is 4.01. The van der Waals surface area contributed by atoms with Crippen LogP contribution in [0.15, 0.2) is 73.2 Å². The second-order valence-electron chi connectivity index (χ2n) is 6.46. The molecular formula is C22H19Cl2N3. The number of halogens is 2. The molecule has 4 aromatic rings. The van der Waals surface area contributed by atoms with Crippen molar-refractivity contribution in [3.05, 3.63) is 99.9 Å². The largest absolute Gasteiger partial charge is 0.343 e. The van der Waals surface area contributed by atoms with Crippen LogP contribution in [0.5, 0.6) is 0 Å². The van der Waals surface area contributed by atoms with Crippen LogP contribution >= 0.6 is 23.2 Å². The van der Waals surface area contributed by atoms with E-state index in [1.165, 1.54) is 22.0 Å². The molecule has 0 radical (unpaired) electrons. The van der Waals surface area contributed by atoms with Crippen molar-refractivity contribution in [1.82, 2.24) is 14.9 Å². The normalized spacial score (nSPS) is 11.2. The fourth-order valence-corrected chi connectivity index (χ4v) is 3.81. The van der Waals surface area contributed by atoms with Gasteiger partial charge in [0.2, 0.25) is 0 Å². The maximum absolute atomic E-state index is 6.37. The number of hydrogen-bond donors (Lipinski definition) is 1. The number of fused-ring (bicyclic) bond motifs is 1. The van der Waals surface area contributed by atoms with Crippen molar-refractivity contribution in [1.29, 1.82) is 0 Å². The number of benzene rings is 2. The molecule has 2 aromatic heterocycles. The minimum absolute atomic E-state index is 0.642. The fraction of sp³-hybridized carbons (Fsp3) is 0.136. The molecule has 4 rings (SSSR count). The standard InChI is InChI=1S/C22H19Cl2N3/c23-20-5-3-6-21(24)19(20)15-27-14-17(18-4-1-2-7-22(18)27)13-26-12-16-8-10-25-11-9-16/h1-11,14,26H,12-13,15H2. The predicted molar refractivity (Wildman–Crippen MR) is 112 cm³/mol. The first-order chi connectivity index (χ1) is 13.2. The molecule has 0 aliphatic rings. The van der Waals surface area contributed by atoms with Crippen LogP contribution in [0.3, 0.4) is 0 Å². The van der Waals surface area contributed by atoms with Crippen LogP contribution in [-0.2, 0) is 19.6 Å². The molecule has 27 heavy (non-hydrogen) atoms. The lowest BCUT2D eigenvalue weighted by Gasteiger charge is -2.09. The van der Waals surface area contributed by atoms with E-state index in [-0.39, 0.29) is 0 Å². The van der Waals surface area contributed by atoms with Gasteiger partial charge >= 0.3 is 0 Å². The second-order valence-corrected chi connectivity index (χ2v) is 7.27. The van der Waals surface area contributed by atoms with Crippen LogP contribution in [0.2, 0.25) is 10.0 Å². The van der Waals surface area contributed by atoms with Gasteiger partial charge in [0.15, 0.2) is 0 Å². The minimum atomic E-state index is 0.642. The lowest BCUT2D eigenvalue weighted by atomic mass is 10.1. The van der Waals surface area contributed by atoms with Gasteiger partial charge in [-0.1, -0.05) is 47.5 Å². The third-order valence-electron chi connectivity index (χ3n) is 4.66. The van der Waals surface area contributed by atoms with Gasteiger partial charge in [0.25, 0.3) is 0 Å². The average molecular weight is 396 g/mol. The third-order valence-corrected chi connectivity index (χ3v) is 5.36. The molecular weight excluding hydrogens is 377 g/mol. The lowest BCUT2D eigenvalue weighted by Crippen LogP contribution is -2.12. The lowest BCUT2D eigenvalue weighted by molar-refractivity contribution is 0.692. The Kier molecular flexibility index (Phi) is 5.44. The number of pyridine rings is 1. The summed E-state index contributed by atoms with van der Waals surface area (Å²) < 4.78 is 2.21. The molecule has 3 nitrogen and oxygen atoms in total. The van der Waals surface area contributed by atoms with Gasteiger partial charge in [-0.05, 0) is 41.5 Å². The number of aromatic nitrogens is 2. The van der Waals surface area contributed by atoms with E-state index in [9.17, 15) is 0 Å². The molecule has 0 saturated carbocycles. The monoisotopic (exact) mass is 395 g/mol. The maximum atomic E-state index is 6.37. The highest BCUT2D eigenvalue weighted by atomic mass is 35.5. The van der Waals surface area contributed by atoms with Crippen LogP contribution in [-0.4, -0.2) is 9.55 Å². The van der Waals surface area contributed by atoms with Crippen molar-refractivity contribution in [2.75, 3.05) is 0 Å². The topological polar surface area (TPSA) is 29.9 Å². The average Bonchev–Trinajstić information content (AvgIpc) is 3.04. The zero-order valence-corrected chi connectivity index (χ0v) is 16.2. The molecule has 2 aromatic carbocycles. The zero-order chi connectivity index (χ0) is 18.6. The Bertz CT molecular complexity index is 1040. The first kappa shape index (κ1) is 18.1.